The Hall–Kier alpha value is -3.32. The van der Waals surface area contributed by atoms with Crippen LogP contribution >= 0.6 is 23.2 Å². The van der Waals surface area contributed by atoms with E-state index in [-0.39, 0.29) is 5.91 Å². The van der Waals surface area contributed by atoms with Crippen LogP contribution in [0, 0.1) is 0 Å². The molecule has 0 spiro atoms. The second-order valence-corrected chi connectivity index (χ2v) is 10.1. The highest BCUT2D eigenvalue weighted by molar-refractivity contribution is 6.35. The maximum atomic E-state index is 13.2. The normalized spacial score (nSPS) is 13.7. The monoisotopic (exact) mass is 554 g/mol. The number of fused-ring (bicyclic) bond motifs is 1. The number of anilines is 1. The van der Waals surface area contributed by atoms with E-state index in [2.05, 4.69) is 10.2 Å². The fourth-order valence-electron chi connectivity index (χ4n) is 4.68. The molecule has 4 aromatic rings. The van der Waals surface area contributed by atoms with Gasteiger partial charge in [0.25, 0.3) is 5.91 Å². The highest BCUT2D eigenvalue weighted by Gasteiger charge is 2.30. The summed E-state index contributed by atoms with van der Waals surface area (Å²) >= 11 is 12.4. The highest BCUT2D eigenvalue weighted by Crippen LogP contribution is 2.32. The molecule has 38 heavy (non-hydrogen) atoms. The highest BCUT2D eigenvalue weighted by atomic mass is 35.5. The number of amides is 1. The second-order valence-electron chi connectivity index (χ2n) is 9.25. The molecule has 0 saturated heterocycles. The first-order valence-electron chi connectivity index (χ1n) is 12.0. The van der Waals surface area contributed by atoms with Crippen molar-refractivity contribution in [1.29, 1.82) is 0 Å². The van der Waals surface area contributed by atoms with E-state index >= 15 is 0 Å². The van der Waals surface area contributed by atoms with E-state index in [9.17, 15) is 18.0 Å². The number of carbonyl (C=O) groups is 1. The SMILES string of the molecule is O=C(Nc1ccc2c(c1)CCN(Cc1ccc(Cl)cc1Cl)C2)c1ccccc1-c1ccc(C(F)(F)F)cc1. The van der Waals surface area contributed by atoms with E-state index in [0.29, 0.717) is 39.0 Å². The second kappa shape index (κ2) is 10.8. The van der Waals surface area contributed by atoms with Crippen molar-refractivity contribution in [1.82, 2.24) is 4.90 Å². The fourth-order valence-corrected chi connectivity index (χ4v) is 5.15. The van der Waals surface area contributed by atoms with Crippen LogP contribution in [0.25, 0.3) is 11.1 Å². The van der Waals surface area contributed by atoms with Crippen molar-refractivity contribution in [3.63, 3.8) is 0 Å². The molecule has 1 amide bonds. The number of hydrogen-bond donors (Lipinski definition) is 1. The minimum Gasteiger partial charge on any atom is -0.322 e. The zero-order valence-electron chi connectivity index (χ0n) is 20.2. The van der Waals surface area contributed by atoms with Crippen LogP contribution in [0.15, 0.2) is 84.9 Å². The summed E-state index contributed by atoms with van der Waals surface area (Å²) in [4.78, 5) is 15.5. The van der Waals surface area contributed by atoms with Crippen molar-refractivity contribution >= 4 is 34.8 Å². The predicted molar refractivity (Wildman–Crippen MR) is 146 cm³/mol. The Kier molecular flexibility index (Phi) is 7.48. The van der Waals surface area contributed by atoms with Gasteiger partial charge in [-0.2, -0.15) is 13.2 Å². The number of carbonyl (C=O) groups excluding carboxylic acids is 1. The van der Waals surface area contributed by atoms with Gasteiger partial charge in [-0.05, 0) is 76.7 Å². The summed E-state index contributed by atoms with van der Waals surface area (Å²) < 4.78 is 38.9. The van der Waals surface area contributed by atoms with Gasteiger partial charge in [-0.25, -0.2) is 0 Å². The van der Waals surface area contributed by atoms with Crippen molar-refractivity contribution in [2.75, 3.05) is 11.9 Å². The average molecular weight is 555 g/mol. The van der Waals surface area contributed by atoms with Crippen molar-refractivity contribution < 1.29 is 18.0 Å². The van der Waals surface area contributed by atoms with Crippen LogP contribution < -0.4 is 5.32 Å². The third kappa shape index (κ3) is 5.88. The molecule has 0 unspecified atom stereocenters. The Bertz CT molecular complexity index is 1490. The maximum Gasteiger partial charge on any atom is 0.416 e. The van der Waals surface area contributed by atoms with Gasteiger partial charge in [-0.1, -0.05) is 65.7 Å². The van der Waals surface area contributed by atoms with Crippen LogP contribution in [0.1, 0.15) is 32.6 Å². The summed E-state index contributed by atoms with van der Waals surface area (Å²) in [6.07, 6.45) is -3.59. The molecule has 0 aromatic heterocycles. The van der Waals surface area contributed by atoms with Crippen molar-refractivity contribution in [3.05, 3.63) is 123 Å². The number of nitrogens with one attached hydrogen (secondary N) is 1. The largest absolute Gasteiger partial charge is 0.416 e. The number of alkyl halides is 3. The van der Waals surface area contributed by atoms with Gasteiger partial charge < -0.3 is 5.32 Å². The van der Waals surface area contributed by atoms with Gasteiger partial charge in [0.15, 0.2) is 0 Å². The van der Waals surface area contributed by atoms with Crippen molar-refractivity contribution in [2.24, 2.45) is 0 Å². The van der Waals surface area contributed by atoms with Gasteiger partial charge in [0.1, 0.15) is 0 Å². The zero-order chi connectivity index (χ0) is 26.9. The summed E-state index contributed by atoms with van der Waals surface area (Å²) in [6.45, 7) is 2.33. The molecule has 0 aliphatic carbocycles. The van der Waals surface area contributed by atoms with E-state index in [1.54, 1.807) is 30.3 Å². The number of nitrogens with zero attached hydrogens (tertiary/aromatic N) is 1. The molecule has 1 N–H and O–H groups in total. The first kappa shape index (κ1) is 26.3. The fraction of sp³-hybridized carbons (Fsp3) is 0.167. The van der Waals surface area contributed by atoms with Crippen molar-refractivity contribution in [2.45, 2.75) is 25.7 Å². The topological polar surface area (TPSA) is 32.3 Å². The molecule has 1 aliphatic rings. The summed E-state index contributed by atoms with van der Waals surface area (Å²) in [5, 5.41) is 4.22. The lowest BCUT2D eigenvalue weighted by atomic mass is 9.97. The lowest BCUT2D eigenvalue weighted by Crippen LogP contribution is -2.30. The molecule has 5 rings (SSSR count). The lowest BCUT2D eigenvalue weighted by molar-refractivity contribution is -0.137. The predicted octanol–water partition coefficient (Wildman–Crippen LogP) is 8.49. The molecule has 0 radical (unpaired) electrons. The number of halogens is 5. The molecule has 0 fully saturated rings. The standard InChI is InChI=1S/C30H23Cl2F3N2O/c31-24-11-7-22(28(32)16-24)18-37-14-13-20-15-25(12-8-21(20)17-37)36-29(38)27-4-2-1-3-26(27)19-5-9-23(10-6-19)30(33,34)35/h1-12,15-16H,13-14,17-18H2,(H,36,38). The summed E-state index contributed by atoms with van der Waals surface area (Å²) in [7, 11) is 0. The molecular formula is C30H23Cl2F3N2O. The molecule has 194 valence electrons. The zero-order valence-corrected chi connectivity index (χ0v) is 21.7. The van der Waals surface area contributed by atoms with Crippen LogP contribution in [0.5, 0.6) is 0 Å². The van der Waals surface area contributed by atoms with Crippen molar-refractivity contribution in [3.8, 4) is 11.1 Å². The van der Waals surface area contributed by atoms with Gasteiger partial charge in [0, 0.05) is 40.9 Å². The van der Waals surface area contributed by atoms with Crippen LogP contribution in [0.3, 0.4) is 0 Å². The van der Waals surface area contributed by atoms with Crippen LogP contribution in [0.2, 0.25) is 10.0 Å². The van der Waals surface area contributed by atoms with E-state index in [4.69, 9.17) is 23.2 Å². The van der Waals surface area contributed by atoms with Crippen LogP contribution in [0.4, 0.5) is 18.9 Å². The quantitative estimate of drug-likeness (QED) is 0.268. The van der Waals surface area contributed by atoms with E-state index in [1.165, 1.54) is 17.7 Å². The van der Waals surface area contributed by atoms with Gasteiger partial charge >= 0.3 is 6.18 Å². The molecule has 1 aliphatic heterocycles. The molecule has 3 nitrogen and oxygen atoms in total. The maximum absolute atomic E-state index is 13.2. The molecular weight excluding hydrogens is 532 g/mol. The van der Waals surface area contributed by atoms with Crippen LogP contribution in [-0.2, 0) is 25.7 Å². The minimum absolute atomic E-state index is 0.324. The summed E-state index contributed by atoms with van der Waals surface area (Å²) in [6, 6.07) is 23.1. The molecule has 0 saturated carbocycles. The molecule has 1 heterocycles. The van der Waals surface area contributed by atoms with E-state index in [1.807, 2.05) is 30.3 Å². The Morgan fingerprint density at radius 2 is 1.66 bits per heavy atom. The minimum atomic E-state index is -4.41. The van der Waals surface area contributed by atoms with Gasteiger partial charge in [0.2, 0.25) is 0 Å². The summed E-state index contributed by atoms with van der Waals surface area (Å²) in [5.41, 5.74) is 4.80. The van der Waals surface area contributed by atoms with E-state index in [0.717, 1.165) is 42.8 Å². The number of rotatable bonds is 5. The Balaban J connectivity index is 1.29. The molecule has 0 bridgehead atoms. The van der Waals surface area contributed by atoms with Crippen LogP contribution in [-0.4, -0.2) is 17.4 Å². The summed E-state index contributed by atoms with van der Waals surface area (Å²) in [5.74, 6) is -0.324. The Labute approximate surface area is 228 Å². The lowest BCUT2D eigenvalue weighted by Gasteiger charge is -2.29. The van der Waals surface area contributed by atoms with Gasteiger partial charge in [-0.15, -0.1) is 0 Å². The molecule has 8 heteroatoms. The number of hydrogen-bond acceptors (Lipinski definition) is 2. The number of benzene rings is 4. The first-order valence-corrected chi connectivity index (χ1v) is 12.8. The van der Waals surface area contributed by atoms with E-state index < -0.39 is 11.7 Å². The Morgan fingerprint density at radius 3 is 2.39 bits per heavy atom. The molecule has 4 aromatic carbocycles. The third-order valence-corrected chi connectivity index (χ3v) is 7.25. The third-order valence-electron chi connectivity index (χ3n) is 6.66. The first-order chi connectivity index (χ1) is 18.2. The molecule has 0 atom stereocenters. The smallest absolute Gasteiger partial charge is 0.322 e. The van der Waals surface area contributed by atoms with Gasteiger partial charge in [-0.3, -0.25) is 9.69 Å². The van der Waals surface area contributed by atoms with Gasteiger partial charge in [0.05, 0.1) is 5.56 Å². The Morgan fingerprint density at radius 1 is 0.895 bits per heavy atom. The average Bonchev–Trinajstić information content (AvgIpc) is 2.90.